The van der Waals surface area contributed by atoms with E-state index in [1.165, 1.54) is 64.0 Å². The summed E-state index contributed by atoms with van der Waals surface area (Å²) in [5.41, 5.74) is 8.36. The van der Waals surface area contributed by atoms with E-state index in [0.717, 1.165) is 17.1 Å². The van der Waals surface area contributed by atoms with Gasteiger partial charge in [-0.1, -0.05) is 140 Å². The highest BCUT2D eigenvalue weighted by Gasteiger charge is 2.18. The van der Waals surface area contributed by atoms with Crippen molar-refractivity contribution in [2.75, 3.05) is 4.90 Å². The van der Waals surface area contributed by atoms with E-state index >= 15 is 0 Å². The van der Waals surface area contributed by atoms with Gasteiger partial charge in [-0.25, -0.2) is 0 Å². The van der Waals surface area contributed by atoms with Crippen LogP contribution in [0.5, 0.6) is 0 Å². The number of nitrogens with zero attached hydrogens (tertiary/aromatic N) is 1. The molecule has 1 nitrogen and oxygen atoms in total. The van der Waals surface area contributed by atoms with E-state index in [1.54, 1.807) is 0 Å². The molecule has 0 atom stereocenters. The third-order valence-corrected chi connectivity index (χ3v) is 10.3. The molecule has 0 aliphatic rings. The third kappa shape index (κ3) is 4.46. The van der Waals surface area contributed by atoms with Gasteiger partial charge >= 0.3 is 0 Å². The second kappa shape index (κ2) is 11.0. The van der Waals surface area contributed by atoms with Crippen molar-refractivity contribution in [1.82, 2.24) is 0 Å². The van der Waals surface area contributed by atoms with E-state index in [-0.39, 0.29) is 0 Å². The van der Waals surface area contributed by atoms with E-state index in [0.29, 0.717) is 0 Å². The summed E-state index contributed by atoms with van der Waals surface area (Å²) in [6, 6.07) is 63.9. The van der Waals surface area contributed by atoms with Crippen molar-refractivity contribution in [1.29, 1.82) is 0 Å². The minimum absolute atomic E-state index is 1.12. The van der Waals surface area contributed by atoms with Gasteiger partial charge in [0.15, 0.2) is 0 Å². The predicted molar refractivity (Wildman–Crippen MR) is 200 cm³/mol. The first-order valence-corrected chi connectivity index (χ1v) is 16.5. The Morgan fingerprint density at radius 1 is 0.370 bits per heavy atom. The van der Waals surface area contributed by atoms with Crippen LogP contribution in [-0.4, -0.2) is 0 Å². The Hall–Kier alpha value is -5.70. The lowest BCUT2D eigenvalue weighted by atomic mass is 9.97. The Balaban J connectivity index is 1.21. The Kier molecular flexibility index (Phi) is 6.40. The van der Waals surface area contributed by atoms with Crippen LogP contribution < -0.4 is 4.90 Å². The maximum absolute atomic E-state index is 2.41. The number of benzene rings is 8. The van der Waals surface area contributed by atoms with E-state index in [2.05, 4.69) is 181 Å². The first-order valence-electron chi connectivity index (χ1n) is 15.7. The van der Waals surface area contributed by atoms with E-state index in [1.807, 2.05) is 11.3 Å². The lowest BCUT2D eigenvalue weighted by molar-refractivity contribution is 1.30. The SMILES string of the molecule is c1cc(-c2cccc3c2sc2ccccc23)cc(N(c2ccc(-c3cccc4ccccc34)cc2)c2cccc3ccccc23)c1. The second-order valence-corrected chi connectivity index (χ2v) is 12.8. The maximum atomic E-state index is 2.41. The lowest BCUT2D eigenvalue weighted by Gasteiger charge is -2.27. The number of hydrogen-bond acceptors (Lipinski definition) is 2. The first kappa shape index (κ1) is 26.7. The predicted octanol–water partition coefficient (Wildman–Crippen LogP) is 13.2. The Labute approximate surface area is 272 Å². The standard InChI is InChI=1S/C44H29NS/c1-3-17-36-30(11-1)13-8-20-37(36)32-25-27-34(28-26-32)45(42-23-9-14-31-12-2-4-18-38(31)42)35-16-7-15-33(29-35)39-21-10-22-41-40-19-5-6-24-43(40)46-44(39)41/h1-29H. The number of hydrogen-bond donors (Lipinski definition) is 0. The molecule has 1 aromatic heterocycles. The molecule has 9 aromatic rings. The fourth-order valence-corrected chi connectivity index (χ4v) is 8.12. The van der Waals surface area contributed by atoms with Gasteiger partial charge in [-0.05, 0) is 74.8 Å². The van der Waals surface area contributed by atoms with Gasteiger partial charge in [-0.15, -0.1) is 11.3 Å². The van der Waals surface area contributed by atoms with Crippen molar-refractivity contribution in [3.63, 3.8) is 0 Å². The average molecular weight is 604 g/mol. The van der Waals surface area contributed by atoms with Crippen molar-refractivity contribution < 1.29 is 0 Å². The normalized spacial score (nSPS) is 11.5. The monoisotopic (exact) mass is 603 g/mol. The molecule has 0 saturated carbocycles. The third-order valence-electron chi connectivity index (χ3n) is 9.05. The maximum Gasteiger partial charge on any atom is 0.0540 e. The fraction of sp³-hybridized carbons (Fsp3) is 0. The molecule has 0 bridgehead atoms. The molecule has 0 unspecified atom stereocenters. The molecule has 1 heterocycles. The molecule has 0 saturated heterocycles. The van der Waals surface area contributed by atoms with Crippen LogP contribution in [0.2, 0.25) is 0 Å². The quantitative estimate of drug-likeness (QED) is 0.189. The topological polar surface area (TPSA) is 3.24 Å². The van der Waals surface area contributed by atoms with Crippen LogP contribution in [0.25, 0.3) is 64.0 Å². The summed E-state index contributed by atoms with van der Waals surface area (Å²) in [7, 11) is 0. The molecule has 8 aromatic carbocycles. The molecule has 0 aliphatic heterocycles. The van der Waals surface area contributed by atoms with Crippen LogP contribution in [0.3, 0.4) is 0 Å². The molecule has 0 aliphatic carbocycles. The number of fused-ring (bicyclic) bond motifs is 5. The molecule has 0 radical (unpaired) electrons. The van der Waals surface area contributed by atoms with Gasteiger partial charge in [-0.2, -0.15) is 0 Å². The van der Waals surface area contributed by atoms with Gasteiger partial charge in [0.25, 0.3) is 0 Å². The molecule has 216 valence electrons. The number of thiophene rings is 1. The Morgan fingerprint density at radius 3 is 1.83 bits per heavy atom. The number of rotatable bonds is 5. The molecular formula is C44H29NS. The second-order valence-electron chi connectivity index (χ2n) is 11.7. The van der Waals surface area contributed by atoms with E-state index < -0.39 is 0 Å². The summed E-state index contributed by atoms with van der Waals surface area (Å²) in [5.74, 6) is 0. The van der Waals surface area contributed by atoms with Gasteiger partial charge in [0.05, 0.1) is 5.69 Å². The molecule has 0 spiro atoms. The minimum Gasteiger partial charge on any atom is -0.310 e. The summed E-state index contributed by atoms with van der Waals surface area (Å²) in [4.78, 5) is 2.41. The van der Waals surface area contributed by atoms with Crippen LogP contribution in [0, 0.1) is 0 Å². The largest absolute Gasteiger partial charge is 0.310 e. The Morgan fingerprint density at radius 2 is 0.978 bits per heavy atom. The van der Waals surface area contributed by atoms with Gasteiger partial charge in [-0.3, -0.25) is 0 Å². The Bertz CT molecular complexity index is 2530. The van der Waals surface area contributed by atoms with E-state index in [9.17, 15) is 0 Å². The summed E-state index contributed by atoms with van der Waals surface area (Å²) < 4.78 is 2.65. The zero-order chi connectivity index (χ0) is 30.5. The highest BCUT2D eigenvalue weighted by Crippen LogP contribution is 2.44. The molecule has 0 N–H and O–H groups in total. The highest BCUT2D eigenvalue weighted by atomic mass is 32.1. The van der Waals surface area contributed by atoms with Crippen molar-refractivity contribution >= 4 is 70.1 Å². The molecule has 0 amide bonds. The van der Waals surface area contributed by atoms with Gasteiger partial charge in [0, 0.05) is 36.9 Å². The average Bonchev–Trinajstić information content (AvgIpc) is 3.51. The summed E-state index contributed by atoms with van der Waals surface area (Å²) in [6.45, 7) is 0. The first-order chi connectivity index (χ1) is 22.8. The van der Waals surface area contributed by atoms with Crippen LogP contribution >= 0.6 is 11.3 Å². The number of anilines is 3. The molecular weight excluding hydrogens is 575 g/mol. The highest BCUT2D eigenvalue weighted by molar-refractivity contribution is 7.26. The smallest absolute Gasteiger partial charge is 0.0540 e. The minimum atomic E-state index is 1.12. The molecule has 9 rings (SSSR count). The summed E-state index contributed by atoms with van der Waals surface area (Å²) in [5, 5.41) is 7.62. The lowest BCUT2D eigenvalue weighted by Crippen LogP contribution is -2.10. The summed E-state index contributed by atoms with van der Waals surface area (Å²) >= 11 is 1.88. The zero-order valence-corrected chi connectivity index (χ0v) is 25.9. The van der Waals surface area contributed by atoms with Crippen LogP contribution in [-0.2, 0) is 0 Å². The molecule has 46 heavy (non-hydrogen) atoms. The molecule has 2 heteroatoms. The van der Waals surface area contributed by atoms with Crippen molar-refractivity contribution in [2.24, 2.45) is 0 Å². The van der Waals surface area contributed by atoms with Gasteiger partial charge in [0.1, 0.15) is 0 Å². The summed E-state index contributed by atoms with van der Waals surface area (Å²) in [6.07, 6.45) is 0. The fourth-order valence-electron chi connectivity index (χ4n) is 6.88. The van der Waals surface area contributed by atoms with E-state index in [4.69, 9.17) is 0 Å². The van der Waals surface area contributed by atoms with Crippen LogP contribution in [0.15, 0.2) is 176 Å². The van der Waals surface area contributed by atoms with Crippen molar-refractivity contribution in [3.8, 4) is 22.3 Å². The van der Waals surface area contributed by atoms with Gasteiger partial charge in [0.2, 0.25) is 0 Å². The van der Waals surface area contributed by atoms with Crippen LogP contribution in [0.4, 0.5) is 17.1 Å². The van der Waals surface area contributed by atoms with Crippen LogP contribution in [0.1, 0.15) is 0 Å². The van der Waals surface area contributed by atoms with Gasteiger partial charge < -0.3 is 4.90 Å². The van der Waals surface area contributed by atoms with Crippen molar-refractivity contribution in [2.45, 2.75) is 0 Å². The zero-order valence-electron chi connectivity index (χ0n) is 25.1. The molecule has 0 fully saturated rings. The van der Waals surface area contributed by atoms with Crippen molar-refractivity contribution in [3.05, 3.63) is 176 Å².